The third-order valence-electron chi connectivity index (χ3n) is 3.11. The highest BCUT2D eigenvalue weighted by Crippen LogP contribution is 2.32. The lowest BCUT2D eigenvalue weighted by atomic mass is 10.1. The van der Waals surface area contributed by atoms with Gasteiger partial charge in [0.15, 0.2) is 0 Å². The molecule has 0 spiro atoms. The van der Waals surface area contributed by atoms with Crippen LogP contribution in [0.5, 0.6) is 11.6 Å². The fourth-order valence-corrected chi connectivity index (χ4v) is 2.76. The van der Waals surface area contributed by atoms with Crippen molar-refractivity contribution in [3.8, 4) is 11.6 Å². The molecule has 0 aliphatic carbocycles. The van der Waals surface area contributed by atoms with Crippen molar-refractivity contribution < 1.29 is 4.74 Å². The highest BCUT2D eigenvalue weighted by molar-refractivity contribution is 7.18. The lowest BCUT2D eigenvalue weighted by Crippen LogP contribution is -1.90. The normalized spacial score (nSPS) is 10.9. The van der Waals surface area contributed by atoms with Gasteiger partial charge in [0.2, 0.25) is 5.88 Å². The summed E-state index contributed by atoms with van der Waals surface area (Å²) >= 11 is 1.65. The molecule has 0 saturated heterocycles. The van der Waals surface area contributed by atoms with Crippen molar-refractivity contribution in [1.82, 2.24) is 9.97 Å². The van der Waals surface area contributed by atoms with Crippen LogP contribution in [0.2, 0.25) is 0 Å². The van der Waals surface area contributed by atoms with Crippen molar-refractivity contribution in [3.63, 3.8) is 0 Å². The molecule has 2 heterocycles. The van der Waals surface area contributed by atoms with Gasteiger partial charge in [-0.15, -0.1) is 11.3 Å². The Balaban J connectivity index is 2.02. The molecule has 3 nitrogen and oxygen atoms in total. The molecule has 1 aromatic carbocycles. The topological polar surface area (TPSA) is 35.0 Å². The van der Waals surface area contributed by atoms with Crippen LogP contribution in [0.3, 0.4) is 0 Å². The summed E-state index contributed by atoms with van der Waals surface area (Å²) in [5.41, 5.74) is 2.47. The van der Waals surface area contributed by atoms with E-state index < -0.39 is 0 Å². The van der Waals surface area contributed by atoms with Gasteiger partial charge >= 0.3 is 0 Å². The molecule has 2 aromatic heterocycles. The molecule has 0 aliphatic heterocycles. The average molecular weight is 270 g/mol. The summed E-state index contributed by atoms with van der Waals surface area (Å²) in [5.74, 6) is 1.43. The van der Waals surface area contributed by atoms with Crippen molar-refractivity contribution in [2.24, 2.45) is 0 Å². The summed E-state index contributed by atoms with van der Waals surface area (Å²) in [6.07, 6.45) is 1.55. The molecular weight excluding hydrogens is 256 g/mol. The Hall–Kier alpha value is -1.94. The van der Waals surface area contributed by atoms with E-state index in [0.29, 0.717) is 5.88 Å². The minimum Gasteiger partial charge on any atom is -0.438 e. The van der Waals surface area contributed by atoms with Gasteiger partial charge in [-0.2, -0.15) is 0 Å². The molecule has 0 fully saturated rings. The fraction of sp³-hybridized carbons (Fsp3) is 0.200. The number of benzene rings is 1. The largest absolute Gasteiger partial charge is 0.438 e. The van der Waals surface area contributed by atoms with E-state index in [1.54, 1.807) is 17.7 Å². The van der Waals surface area contributed by atoms with E-state index in [1.165, 1.54) is 16.0 Å². The highest BCUT2D eigenvalue weighted by atomic mass is 32.1. The van der Waals surface area contributed by atoms with Crippen LogP contribution in [0, 0.1) is 20.8 Å². The second-order valence-electron chi connectivity index (χ2n) is 4.60. The van der Waals surface area contributed by atoms with E-state index in [4.69, 9.17) is 4.74 Å². The summed E-state index contributed by atoms with van der Waals surface area (Å²) in [6, 6.07) is 8.12. The lowest BCUT2D eigenvalue weighted by molar-refractivity contribution is 0.468. The van der Waals surface area contributed by atoms with Gasteiger partial charge in [-0.25, -0.2) is 9.97 Å². The summed E-state index contributed by atoms with van der Waals surface area (Å²) in [7, 11) is 0. The van der Waals surface area contributed by atoms with E-state index in [1.807, 2.05) is 12.1 Å². The standard InChI is InChI=1S/C15H14N2OS/c1-9-4-5-12(6-10(9)2)18-14-13-7-11(3)19-15(13)17-8-16-14/h4-8H,1-3H3. The summed E-state index contributed by atoms with van der Waals surface area (Å²) in [5, 5.41) is 0.975. The van der Waals surface area contributed by atoms with Crippen LogP contribution in [-0.2, 0) is 0 Å². The lowest BCUT2D eigenvalue weighted by Gasteiger charge is -2.07. The Bertz CT molecular complexity index is 749. The van der Waals surface area contributed by atoms with Crippen molar-refractivity contribution >= 4 is 21.6 Å². The van der Waals surface area contributed by atoms with E-state index in [2.05, 4.69) is 42.9 Å². The van der Waals surface area contributed by atoms with Crippen molar-refractivity contribution in [3.05, 3.63) is 46.6 Å². The Morgan fingerprint density at radius 1 is 1.00 bits per heavy atom. The number of thiophene rings is 1. The smallest absolute Gasteiger partial charge is 0.231 e. The number of hydrogen-bond acceptors (Lipinski definition) is 4. The van der Waals surface area contributed by atoms with Gasteiger partial charge in [-0.05, 0) is 50.1 Å². The van der Waals surface area contributed by atoms with Crippen LogP contribution in [0.15, 0.2) is 30.6 Å². The quantitative estimate of drug-likeness (QED) is 0.692. The minimum absolute atomic E-state index is 0.623. The molecule has 0 atom stereocenters. The highest BCUT2D eigenvalue weighted by Gasteiger charge is 2.09. The fourth-order valence-electron chi connectivity index (χ4n) is 1.92. The SMILES string of the molecule is Cc1cc2c(Oc3ccc(C)c(C)c3)ncnc2s1. The van der Waals surface area contributed by atoms with Gasteiger partial charge in [-0.1, -0.05) is 6.07 Å². The van der Waals surface area contributed by atoms with E-state index in [0.717, 1.165) is 16.0 Å². The molecular formula is C15H14N2OS. The maximum Gasteiger partial charge on any atom is 0.231 e. The van der Waals surface area contributed by atoms with Gasteiger partial charge in [-0.3, -0.25) is 0 Å². The first-order valence-corrected chi connectivity index (χ1v) is 6.91. The van der Waals surface area contributed by atoms with Crippen LogP contribution in [0.25, 0.3) is 10.2 Å². The van der Waals surface area contributed by atoms with Crippen molar-refractivity contribution in [1.29, 1.82) is 0 Å². The van der Waals surface area contributed by atoms with Crippen LogP contribution >= 0.6 is 11.3 Å². The van der Waals surface area contributed by atoms with Crippen LogP contribution in [0.4, 0.5) is 0 Å². The van der Waals surface area contributed by atoms with Crippen molar-refractivity contribution in [2.75, 3.05) is 0 Å². The number of rotatable bonds is 2. The first kappa shape index (κ1) is 12.1. The molecule has 0 saturated carbocycles. The summed E-state index contributed by atoms with van der Waals surface area (Å²) < 4.78 is 5.90. The Labute approximate surface area is 115 Å². The Morgan fingerprint density at radius 3 is 2.63 bits per heavy atom. The molecule has 0 radical (unpaired) electrons. The third kappa shape index (κ3) is 2.31. The Morgan fingerprint density at radius 2 is 1.84 bits per heavy atom. The number of fused-ring (bicyclic) bond motifs is 1. The summed E-state index contributed by atoms with van der Waals surface area (Å²) in [4.78, 5) is 10.7. The molecule has 0 aliphatic rings. The molecule has 3 aromatic rings. The van der Waals surface area contributed by atoms with Crippen LogP contribution < -0.4 is 4.74 Å². The van der Waals surface area contributed by atoms with E-state index in [9.17, 15) is 0 Å². The molecule has 3 rings (SSSR count). The molecule has 96 valence electrons. The van der Waals surface area contributed by atoms with Gasteiger partial charge in [0.25, 0.3) is 0 Å². The zero-order valence-electron chi connectivity index (χ0n) is 11.1. The maximum atomic E-state index is 5.90. The second kappa shape index (κ2) is 4.63. The third-order valence-corrected chi connectivity index (χ3v) is 4.07. The van der Waals surface area contributed by atoms with Gasteiger partial charge in [0.1, 0.15) is 16.9 Å². The zero-order valence-corrected chi connectivity index (χ0v) is 11.9. The molecule has 0 N–H and O–H groups in total. The van der Waals surface area contributed by atoms with Crippen LogP contribution in [0.1, 0.15) is 16.0 Å². The van der Waals surface area contributed by atoms with E-state index in [-0.39, 0.29) is 0 Å². The zero-order chi connectivity index (χ0) is 13.4. The summed E-state index contributed by atoms with van der Waals surface area (Å²) in [6.45, 7) is 6.23. The number of nitrogens with zero attached hydrogens (tertiary/aromatic N) is 2. The monoisotopic (exact) mass is 270 g/mol. The number of hydrogen-bond donors (Lipinski definition) is 0. The minimum atomic E-state index is 0.623. The Kier molecular flexibility index (Phi) is 2.95. The van der Waals surface area contributed by atoms with Crippen molar-refractivity contribution in [2.45, 2.75) is 20.8 Å². The number of ether oxygens (including phenoxy) is 1. The second-order valence-corrected chi connectivity index (χ2v) is 5.84. The molecule has 0 bridgehead atoms. The average Bonchev–Trinajstić information content (AvgIpc) is 2.75. The van der Waals surface area contributed by atoms with Gasteiger partial charge in [0, 0.05) is 4.88 Å². The molecule has 19 heavy (non-hydrogen) atoms. The first-order chi connectivity index (χ1) is 9.13. The number of aryl methyl sites for hydroxylation is 3. The van der Waals surface area contributed by atoms with Gasteiger partial charge < -0.3 is 4.74 Å². The van der Waals surface area contributed by atoms with Gasteiger partial charge in [0.05, 0.1) is 5.39 Å². The van der Waals surface area contributed by atoms with E-state index >= 15 is 0 Å². The van der Waals surface area contributed by atoms with Crippen LogP contribution in [-0.4, -0.2) is 9.97 Å². The molecule has 0 unspecified atom stereocenters. The predicted molar refractivity (Wildman–Crippen MR) is 78.1 cm³/mol. The molecule has 0 amide bonds. The first-order valence-electron chi connectivity index (χ1n) is 6.10. The maximum absolute atomic E-state index is 5.90. The number of aromatic nitrogens is 2. The molecule has 4 heteroatoms. The predicted octanol–water partition coefficient (Wildman–Crippen LogP) is 4.41.